The molecular weight excluding hydrogens is 206 g/mol. The summed E-state index contributed by atoms with van der Waals surface area (Å²) >= 11 is 0. The van der Waals surface area contributed by atoms with E-state index in [1.54, 1.807) is 0 Å². The second-order valence-corrected chi connectivity index (χ2v) is 12.7. The SMILES string of the molecule is CCN([SiH](C)N(C)C)[Si](C)(C)N(C)C. The summed E-state index contributed by atoms with van der Waals surface area (Å²) in [6.07, 6.45) is 0. The van der Waals surface area contributed by atoms with Crippen molar-refractivity contribution in [2.24, 2.45) is 0 Å². The Balaban J connectivity index is 4.70. The molecule has 0 rings (SSSR count). The zero-order valence-corrected chi connectivity index (χ0v) is 13.3. The van der Waals surface area contributed by atoms with Crippen LogP contribution in [0.2, 0.25) is 19.6 Å². The van der Waals surface area contributed by atoms with E-state index in [0.717, 1.165) is 0 Å². The first kappa shape index (κ1) is 14.3. The smallest absolute Gasteiger partial charge is 0.194 e. The molecule has 0 aliphatic heterocycles. The molecule has 1 atom stereocenters. The van der Waals surface area contributed by atoms with Crippen molar-refractivity contribution < 1.29 is 0 Å². The third-order valence-corrected chi connectivity index (χ3v) is 13.0. The van der Waals surface area contributed by atoms with Crippen molar-refractivity contribution in [1.82, 2.24) is 13.4 Å². The summed E-state index contributed by atoms with van der Waals surface area (Å²) in [4.78, 5) is 0. The summed E-state index contributed by atoms with van der Waals surface area (Å²) in [5, 5.41) is 0. The standard InChI is InChI=1S/C9H27N3Si2/c1-9-12(13(6)10(2)3)14(7,8)11(4)5/h13H,9H2,1-8H3. The summed E-state index contributed by atoms with van der Waals surface area (Å²) in [6.45, 7) is 10.8. The molecule has 0 aliphatic rings. The van der Waals surface area contributed by atoms with Crippen molar-refractivity contribution >= 4 is 17.5 Å². The van der Waals surface area contributed by atoms with E-state index >= 15 is 0 Å². The second-order valence-electron chi connectivity index (χ2n) is 4.77. The molecule has 1 unspecified atom stereocenters. The maximum absolute atomic E-state index is 2.76. The Kier molecular flexibility index (Phi) is 5.53. The fraction of sp³-hybridized carbons (Fsp3) is 1.00. The maximum Gasteiger partial charge on any atom is 0.194 e. The first-order valence-corrected chi connectivity index (χ1v) is 10.4. The molecule has 5 heteroatoms. The number of hydrogen-bond acceptors (Lipinski definition) is 3. The molecule has 0 fully saturated rings. The van der Waals surface area contributed by atoms with E-state index in [2.05, 4.69) is 68.1 Å². The zero-order chi connectivity index (χ0) is 11.5. The molecule has 0 heterocycles. The van der Waals surface area contributed by atoms with Crippen LogP contribution in [0, 0.1) is 0 Å². The van der Waals surface area contributed by atoms with Crippen LogP contribution in [0.4, 0.5) is 0 Å². The Morgan fingerprint density at radius 1 is 1.07 bits per heavy atom. The average molecular weight is 234 g/mol. The molecule has 0 aromatic rings. The normalized spacial score (nSPS) is 15.6. The monoisotopic (exact) mass is 233 g/mol. The molecule has 0 radical (unpaired) electrons. The third-order valence-electron chi connectivity index (χ3n) is 3.34. The molecule has 0 aromatic heterocycles. The predicted octanol–water partition coefficient (Wildman–Crippen LogP) is 0.984. The van der Waals surface area contributed by atoms with Crippen molar-refractivity contribution in [3.05, 3.63) is 0 Å². The van der Waals surface area contributed by atoms with Crippen LogP contribution in [0.25, 0.3) is 0 Å². The van der Waals surface area contributed by atoms with Gasteiger partial charge in [-0.05, 0) is 54.4 Å². The lowest BCUT2D eigenvalue weighted by Gasteiger charge is -2.45. The maximum atomic E-state index is 2.76. The van der Waals surface area contributed by atoms with Crippen LogP contribution in [0.1, 0.15) is 6.92 Å². The van der Waals surface area contributed by atoms with Crippen molar-refractivity contribution in [3.8, 4) is 0 Å². The quantitative estimate of drug-likeness (QED) is 0.656. The van der Waals surface area contributed by atoms with Crippen molar-refractivity contribution in [3.63, 3.8) is 0 Å². The van der Waals surface area contributed by atoms with Gasteiger partial charge in [-0.25, -0.2) is 0 Å². The summed E-state index contributed by atoms with van der Waals surface area (Å²) in [7, 11) is 6.61. The Bertz CT molecular complexity index is 171. The second kappa shape index (κ2) is 5.41. The molecule has 86 valence electrons. The molecule has 0 spiro atoms. The van der Waals surface area contributed by atoms with Crippen LogP contribution >= 0.6 is 0 Å². The Labute approximate surface area is 92.6 Å². The molecule has 0 saturated heterocycles. The highest BCUT2D eigenvalue weighted by Crippen LogP contribution is 2.14. The molecule has 14 heavy (non-hydrogen) atoms. The van der Waals surface area contributed by atoms with Gasteiger partial charge in [0.05, 0.1) is 0 Å². The number of hydrogen-bond donors (Lipinski definition) is 0. The van der Waals surface area contributed by atoms with Crippen LogP contribution in [0.3, 0.4) is 0 Å². The van der Waals surface area contributed by atoms with Gasteiger partial charge in [-0.1, -0.05) is 6.92 Å². The summed E-state index contributed by atoms with van der Waals surface area (Å²) in [6, 6.07) is 0. The lowest BCUT2D eigenvalue weighted by Crippen LogP contribution is -2.66. The Morgan fingerprint density at radius 3 is 1.71 bits per heavy atom. The lowest BCUT2D eigenvalue weighted by atomic mass is 10.8. The van der Waals surface area contributed by atoms with Gasteiger partial charge in [0.15, 0.2) is 17.5 Å². The van der Waals surface area contributed by atoms with Crippen LogP contribution in [-0.4, -0.2) is 65.6 Å². The summed E-state index contributed by atoms with van der Waals surface area (Å²) in [5.74, 6) is 0. The van der Waals surface area contributed by atoms with Gasteiger partial charge in [-0.3, -0.25) is 0 Å². The molecule has 0 saturated carbocycles. The van der Waals surface area contributed by atoms with E-state index in [1.807, 2.05) is 0 Å². The van der Waals surface area contributed by atoms with Gasteiger partial charge in [0, 0.05) is 0 Å². The van der Waals surface area contributed by atoms with Gasteiger partial charge in [-0.2, -0.15) is 0 Å². The van der Waals surface area contributed by atoms with Gasteiger partial charge in [0.1, 0.15) is 0 Å². The van der Waals surface area contributed by atoms with E-state index in [4.69, 9.17) is 0 Å². The van der Waals surface area contributed by atoms with E-state index in [-0.39, 0.29) is 0 Å². The van der Waals surface area contributed by atoms with Gasteiger partial charge >= 0.3 is 0 Å². The van der Waals surface area contributed by atoms with E-state index < -0.39 is 17.5 Å². The topological polar surface area (TPSA) is 9.72 Å². The van der Waals surface area contributed by atoms with Crippen molar-refractivity contribution in [1.29, 1.82) is 0 Å². The minimum absolute atomic E-state index is 0.885. The first-order chi connectivity index (χ1) is 6.25. The zero-order valence-electron chi connectivity index (χ0n) is 11.1. The van der Waals surface area contributed by atoms with Gasteiger partial charge in [0.2, 0.25) is 0 Å². The minimum atomic E-state index is -1.35. The first-order valence-electron chi connectivity index (χ1n) is 5.35. The molecule has 0 N–H and O–H groups in total. The van der Waals surface area contributed by atoms with Crippen LogP contribution in [0.5, 0.6) is 0 Å². The molecule has 3 nitrogen and oxygen atoms in total. The fourth-order valence-corrected chi connectivity index (χ4v) is 9.06. The Morgan fingerprint density at radius 2 is 1.50 bits per heavy atom. The number of rotatable bonds is 5. The third kappa shape index (κ3) is 3.17. The summed E-state index contributed by atoms with van der Waals surface area (Å²) in [5.41, 5.74) is 0. The predicted molar refractivity (Wildman–Crippen MR) is 70.2 cm³/mol. The lowest BCUT2D eigenvalue weighted by molar-refractivity contribution is 0.479. The largest absolute Gasteiger partial charge is 0.324 e. The van der Waals surface area contributed by atoms with Crippen LogP contribution < -0.4 is 0 Å². The van der Waals surface area contributed by atoms with Crippen LogP contribution in [-0.2, 0) is 0 Å². The van der Waals surface area contributed by atoms with E-state index in [0.29, 0.717) is 0 Å². The number of nitrogens with zero attached hydrogens (tertiary/aromatic N) is 3. The molecular formula is C9H27N3Si2. The highest BCUT2D eigenvalue weighted by atomic mass is 28.4. The van der Waals surface area contributed by atoms with Crippen LogP contribution in [0.15, 0.2) is 0 Å². The Hall–Kier alpha value is 0.314. The van der Waals surface area contributed by atoms with Crippen molar-refractivity contribution in [2.75, 3.05) is 34.7 Å². The molecule has 0 aliphatic carbocycles. The van der Waals surface area contributed by atoms with E-state index in [1.165, 1.54) is 6.54 Å². The highest BCUT2D eigenvalue weighted by molar-refractivity contribution is 6.80. The fourth-order valence-electron chi connectivity index (χ4n) is 1.64. The molecule has 0 aromatic carbocycles. The average Bonchev–Trinajstić information content (AvgIpc) is 2.04. The highest BCUT2D eigenvalue weighted by Gasteiger charge is 2.35. The molecule has 0 amide bonds. The van der Waals surface area contributed by atoms with Gasteiger partial charge in [0.25, 0.3) is 0 Å². The van der Waals surface area contributed by atoms with E-state index in [9.17, 15) is 0 Å². The van der Waals surface area contributed by atoms with Gasteiger partial charge < -0.3 is 13.4 Å². The summed E-state index contributed by atoms with van der Waals surface area (Å²) < 4.78 is 7.61. The minimum Gasteiger partial charge on any atom is -0.324 e. The molecule has 0 bridgehead atoms. The van der Waals surface area contributed by atoms with Gasteiger partial charge in [-0.15, -0.1) is 0 Å². The van der Waals surface area contributed by atoms with Crippen molar-refractivity contribution in [2.45, 2.75) is 26.6 Å².